The van der Waals surface area contributed by atoms with Crippen LogP contribution < -0.4 is 31.3 Å². The summed E-state index contributed by atoms with van der Waals surface area (Å²) in [5.41, 5.74) is 9.42. The standard InChI is InChI=1S/C31H34IN5O9/c1-2-44-26-14-21(12-23(32)28(26)45-18-27(33)40)15-34-37-30(42)24(13-19-8-10-22(39)11-9-19)35-29(41)25(16-38)36-31(43)46-17-20-6-4-3-5-7-20/h3-12,14-15,24-25,38-39H,2,13,16-18H2,1H3,(H2,33,40)(H,35,41)(H,36,43)(H,37,42)/b34-15-/t24-,25-/m0/s1. The van der Waals surface area contributed by atoms with E-state index in [4.69, 9.17) is 19.9 Å². The lowest BCUT2D eigenvalue weighted by atomic mass is 10.0. The number of primary amides is 1. The number of nitrogens with one attached hydrogen (secondary N) is 3. The minimum Gasteiger partial charge on any atom is -0.508 e. The predicted octanol–water partition coefficient (Wildman–Crippen LogP) is 1.72. The topological polar surface area (TPSA) is 211 Å². The number of rotatable bonds is 16. The third kappa shape index (κ3) is 11.6. The number of phenolic OH excluding ortho intramolecular Hbond substituents is 1. The monoisotopic (exact) mass is 747 g/mol. The number of halogens is 1. The number of carbonyl (C=O) groups is 4. The van der Waals surface area contributed by atoms with Gasteiger partial charge in [0.15, 0.2) is 18.1 Å². The molecule has 0 heterocycles. The number of hydrogen-bond donors (Lipinski definition) is 6. The van der Waals surface area contributed by atoms with E-state index in [-0.39, 0.29) is 25.4 Å². The molecule has 4 amide bonds. The molecule has 0 saturated heterocycles. The smallest absolute Gasteiger partial charge is 0.408 e. The number of aliphatic hydroxyl groups is 1. The number of carbonyl (C=O) groups excluding carboxylic acids is 4. The molecule has 3 rings (SSSR count). The van der Waals surface area contributed by atoms with Crippen LogP contribution in [-0.4, -0.2) is 72.1 Å². The summed E-state index contributed by atoms with van der Waals surface area (Å²) in [6.07, 6.45) is 0.400. The van der Waals surface area contributed by atoms with Crippen LogP contribution in [0.1, 0.15) is 23.6 Å². The summed E-state index contributed by atoms with van der Waals surface area (Å²) in [4.78, 5) is 49.7. The number of hydrazone groups is 1. The molecule has 0 bridgehead atoms. The van der Waals surface area contributed by atoms with E-state index in [9.17, 15) is 29.4 Å². The molecule has 0 unspecified atom stereocenters. The molecule has 0 spiro atoms. The minimum atomic E-state index is -1.42. The largest absolute Gasteiger partial charge is 0.508 e. The number of amides is 4. The fraction of sp³-hybridized carbons (Fsp3) is 0.258. The minimum absolute atomic E-state index is 0.0116. The van der Waals surface area contributed by atoms with E-state index >= 15 is 0 Å². The van der Waals surface area contributed by atoms with Crippen LogP contribution in [0.15, 0.2) is 71.8 Å². The van der Waals surface area contributed by atoms with Crippen molar-refractivity contribution < 1.29 is 43.6 Å². The summed E-state index contributed by atoms with van der Waals surface area (Å²) in [7, 11) is 0. The molecule has 3 aromatic carbocycles. The first kappa shape index (κ1) is 35.6. The average Bonchev–Trinajstić information content (AvgIpc) is 3.03. The van der Waals surface area contributed by atoms with E-state index in [1.165, 1.54) is 18.3 Å². The molecule has 0 aliphatic rings. The zero-order valence-electron chi connectivity index (χ0n) is 24.8. The van der Waals surface area contributed by atoms with Gasteiger partial charge in [0.05, 0.1) is 23.0 Å². The lowest BCUT2D eigenvalue weighted by Gasteiger charge is -2.21. The fourth-order valence-corrected chi connectivity index (χ4v) is 4.69. The van der Waals surface area contributed by atoms with Crippen molar-refractivity contribution in [3.8, 4) is 17.2 Å². The van der Waals surface area contributed by atoms with Crippen molar-refractivity contribution in [2.75, 3.05) is 19.8 Å². The third-order valence-corrected chi connectivity index (χ3v) is 6.89. The maximum absolute atomic E-state index is 13.2. The highest BCUT2D eigenvalue weighted by Gasteiger charge is 2.27. The van der Waals surface area contributed by atoms with E-state index in [1.54, 1.807) is 55.5 Å². The molecule has 0 aliphatic heterocycles. The molecule has 0 aliphatic carbocycles. The molecular formula is C31H34IN5O9. The summed E-state index contributed by atoms with van der Waals surface area (Å²) in [5, 5.41) is 28.3. The Balaban J connectivity index is 1.71. The zero-order valence-corrected chi connectivity index (χ0v) is 26.9. The molecule has 14 nitrogen and oxygen atoms in total. The second-order valence-corrected chi connectivity index (χ2v) is 10.8. The summed E-state index contributed by atoms with van der Waals surface area (Å²) in [5.74, 6) is -1.51. The van der Waals surface area contributed by atoms with Gasteiger partial charge in [0, 0.05) is 6.42 Å². The number of aliphatic hydroxyl groups excluding tert-OH is 1. The molecular weight excluding hydrogens is 713 g/mol. The van der Waals surface area contributed by atoms with Crippen LogP contribution in [0.4, 0.5) is 4.79 Å². The zero-order chi connectivity index (χ0) is 33.5. The van der Waals surface area contributed by atoms with Gasteiger partial charge in [0.1, 0.15) is 24.4 Å². The molecule has 0 radical (unpaired) electrons. The van der Waals surface area contributed by atoms with Crippen LogP contribution in [0, 0.1) is 3.57 Å². The summed E-state index contributed by atoms with van der Waals surface area (Å²) in [6.45, 7) is 0.934. The Morgan fingerprint density at radius 2 is 1.67 bits per heavy atom. The Morgan fingerprint density at radius 3 is 2.33 bits per heavy atom. The molecule has 244 valence electrons. The third-order valence-electron chi connectivity index (χ3n) is 6.09. The molecule has 0 fully saturated rings. The first-order chi connectivity index (χ1) is 22.1. The normalized spacial score (nSPS) is 12.1. The number of benzene rings is 3. The molecule has 15 heteroatoms. The number of phenols is 1. The van der Waals surface area contributed by atoms with E-state index < -0.39 is 42.5 Å². The summed E-state index contributed by atoms with van der Waals surface area (Å²) < 4.78 is 16.8. The number of aromatic hydroxyl groups is 1. The second-order valence-electron chi connectivity index (χ2n) is 9.63. The Morgan fingerprint density at radius 1 is 0.957 bits per heavy atom. The van der Waals surface area contributed by atoms with Gasteiger partial charge in [-0.15, -0.1) is 0 Å². The maximum atomic E-state index is 13.2. The first-order valence-electron chi connectivity index (χ1n) is 14.0. The van der Waals surface area contributed by atoms with Crippen LogP contribution >= 0.6 is 22.6 Å². The Labute approximate surface area is 278 Å². The van der Waals surface area contributed by atoms with Crippen molar-refractivity contribution in [2.45, 2.75) is 32.0 Å². The number of hydrogen-bond acceptors (Lipinski definition) is 10. The van der Waals surface area contributed by atoms with Gasteiger partial charge in [-0.05, 0) is 70.5 Å². The van der Waals surface area contributed by atoms with Crippen molar-refractivity contribution in [1.82, 2.24) is 16.1 Å². The number of ether oxygens (including phenoxy) is 3. The second kappa shape index (κ2) is 18.2. The van der Waals surface area contributed by atoms with Crippen molar-refractivity contribution in [2.24, 2.45) is 10.8 Å². The fourth-order valence-electron chi connectivity index (χ4n) is 3.91. The van der Waals surface area contributed by atoms with Gasteiger partial charge in [-0.1, -0.05) is 42.5 Å². The van der Waals surface area contributed by atoms with Gasteiger partial charge in [-0.3, -0.25) is 14.4 Å². The summed E-state index contributed by atoms with van der Waals surface area (Å²) in [6, 6.07) is 15.6. The summed E-state index contributed by atoms with van der Waals surface area (Å²) >= 11 is 2.00. The SMILES string of the molecule is CCOc1cc(/C=N\NC(=O)[C@H](Cc2ccc(O)cc2)NC(=O)[C@H](CO)NC(=O)OCc2ccccc2)cc(I)c1OCC(N)=O. The van der Waals surface area contributed by atoms with E-state index in [0.717, 1.165) is 5.56 Å². The van der Waals surface area contributed by atoms with Crippen LogP contribution in [0.25, 0.3) is 0 Å². The van der Waals surface area contributed by atoms with E-state index in [2.05, 4.69) is 21.2 Å². The maximum Gasteiger partial charge on any atom is 0.408 e. The van der Waals surface area contributed by atoms with E-state index in [0.29, 0.717) is 32.8 Å². The highest BCUT2D eigenvalue weighted by molar-refractivity contribution is 14.1. The van der Waals surface area contributed by atoms with Crippen molar-refractivity contribution >= 4 is 52.6 Å². The Bertz CT molecular complexity index is 1520. The van der Waals surface area contributed by atoms with Gasteiger partial charge in [-0.25, -0.2) is 10.2 Å². The Kier molecular flexibility index (Phi) is 14.0. The molecule has 2 atom stereocenters. The quantitative estimate of drug-likeness (QED) is 0.0715. The molecule has 0 saturated carbocycles. The van der Waals surface area contributed by atoms with Gasteiger partial charge in [-0.2, -0.15) is 5.10 Å². The lowest BCUT2D eigenvalue weighted by Crippen LogP contribution is -2.55. The van der Waals surface area contributed by atoms with Crippen LogP contribution in [0.5, 0.6) is 17.2 Å². The van der Waals surface area contributed by atoms with Gasteiger partial charge in [0.2, 0.25) is 5.91 Å². The number of alkyl carbamates (subject to hydrolysis) is 1. The van der Waals surface area contributed by atoms with Gasteiger partial charge in [0.25, 0.3) is 11.8 Å². The van der Waals surface area contributed by atoms with Crippen molar-refractivity contribution in [1.29, 1.82) is 0 Å². The number of nitrogens with two attached hydrogens (primary N) is 1. The lowest BCUT2D eigenvalue weighted by molar-refractivity contribution is -0.130. The van der Waals surface area contributed by atoms with Crippen molar-refractivity contribution in [3.05, 3.63) is 87.0 Å². The highest BCUT2D eigenvalue weighted by Crippen LogP contribution is 2.33. The highest BCUT2D eigenvalue weighted by atomic mass is 127. The van der Waals surface area contributed by atoms with Gasteiger partial charge < -0.3 is 40.8 Å². The van der Waals surface area contributed by atoms with Crippen LogP contribution in [-0.2, 0) is 32.1 Å². The van der Waals surface area contributed by atoms with Crippen LogP contribution in [0.3, 0.4) is 0 Å². The van der Waals surface area contributed by atoms with Crippen molar-refractivity contribution in [3.63, 3.8) is 0 Å². The molecule has 0 aromatic heterocycles. The predicted molar refractivity (Wildman–Crippen MR) is 175 cm³/mol. The van der Waals surface area contributed by atoms with Crippen LogP contribution in [0.2, 0.25) is 0 Å². The first-order valence-corrected chi connectivity index (χ1v) is 15.0. The molecule has 46 heavy (non-hydrogen) atoms. The Hall–Kier alpha value is -4.90. The molecule has 7 N–H and O–H groups in total. The van der Waals surface area contributed by atoms with E-state index in [1.807, 2.05) is 28.7 Å². The average molecular weight is 748 g/mol. The number of nitrogens with zero attached hydrogens (tertiary/aromatic N) is 1. The van der Waals surface area contributed by atoms with Gasteiger partial charge >= 0.3 is 6.09 Å². The molecule has 3 aromatic rings.